The quantitative estimate of drug-likeness (QED) is 0.818. The molecule has 1 aromatic carbocycles. The fourth-order valence-electron chi connectivity index (χ4n) is 2.61. The average Bonchev–Trinajstić information content (AvgIpc) is 2.93. The van der Waals surface area contributed by atoms with Crippen molar-refractivity contribution in [2.75, 3.05) is 6.54 Å². The van der Waals surface area contributed by atoms with Crippen LogP contribution < -0.4 is 5.32 Å². The molecular weight excluding hydrogens is 320 g/mol. The van der Waals surface area contributed by atoms with Gasteiger partial charge in [0.15, 0.2) is 0 Å². The fraction of sp³-hybridized carbons (Fsp3) is 0.474. The molecule has 1 saturated heterocycles. The van der Waals surface area contributed by atoms with E-state index in [4.69, 9.17) is 11.2 Å². The molecule has 6 heteroatoms. The van der Waals surface area contributed by atoms with Crippen LogP contribution in [0.4, 0.5) is 4.79 Å². The molecule has 0 bridgehead atoms. The van der Waals surface area contributed by atoms with Crippen LogP contribution in [0.3, 0.4) is 0 Å². The first-order valence-electron chi connectivity index (χ1n) is 8.20. The molecule has 2 N–H and O–H groups in total. The molecule has 1 fully saturated rings. The number of carbonyl (C=O) groups is 2. The number of nitrogens with one attached hydrogen (secondary N) is 1. The Balaban J connectivity index is 1.98. The van der Waals surface area contributed by atoms with Crippen molar-refractivity contribution in [1.82, 2.24) is 10.2 Å². The third-order valence-corrected chi connectivity index (χ3v) is 3.80. The summed E-state index contributed by atoms with van der Waals surface area (Å²) in [5, 5.41) is 12.7. The zero-order valence-electron chi connectivity index (χ0n) is 14.8. The SMILES string of the molecule is C#Cc1ccc(CNC(=O)[C@@H]2CC(O)CN2C(=O)OC(C)(C)C)cc1. The summed E-state index contributed by atoms with van der Waals surface area (Å²) in [5.74, 6) is 2.22. The minimum absolute atomic E-state index is 0.0872. The molecule has 2 rings (SSSR count). The van der Waals surface area contributed by atoms with Gasteiger partial charge in [-0.05, 0) is 38.5 Å². The number of ether oxygens (including phenoxy) is 1. The van der Waals surface area contributed by atoms with Gasteiger partial charge >= 0.3 is 6.09 Å². The normalized spacial score (nSPS) is 20.0. The molecule has 0 spiro atoms. The maximum absolute atomic E-state index is 12.5. The highest BCUT2D eigenvalue weighted by Crippen LogP contribution is 2.21. The molecule has 2 amide bonds. The van der Waals surface area contributed by atoms with E-state index in [1.54, 1.807) is 32.9 Å². The lowest BCUT2D eigenvalue weighted by Crippen LogP contribution is -2.47. The molecule has 2 atom stereocenters. The number of likely N-dealkylation sites (tertiary alicyclic amines) is 1. The Morgan fingerprint density at radius 1 is 1.36 bits per heavy atom. The van der Waals surface area contributed by atoms with Crippen molar-refractivity contribution in [3.05, 3.63) is 35.4 Å². The Bertz CT molecular complexity index is 670. The number of amides is 2. The number of terminal acetylenes is 1. The number of hydrogen-bond donors (Lipinski definition) is 2. The number of carbonyl (C=O) groups excluding carboxylic acids is 2. The number of benzene rings is 1. The molecule has 0 aromatic heterocycles. The Morgan fingerprint density at radius 2 is 2.00 bits per heavy atom. The van der Waals surface area contributed by atoms with E-state index in [0.717, 1.165) is 11.1 Å². The van der Waals surface area contributed by atoms with Gasteiger partial charge in [-0.15, -0.1) is 6.42 Å². The van der Waals surface area contributed by atoms with E-state index in [9.17, 15) is 14.7 Å². The number of aliphatic hydroxyl groups excluding tert-OH is 1. The van der Waals surface area contributed by atoms with Crippen molar-refractivity contribution in [1.29, 1.82) is 0 Å². The van der Waals surface area contributed by atoms with Gasteiger partial charge < -0.3 is 15.2 Å². The van der Waals surface area contributed by atoms with Gasteiger partial charge in [-0.25, -0.2) is 4.79 Å². The summed E-state index contributed by atoms with van der Waals surface area (Å²) >= 11 is 0. The first kappa shape index (κ1) is 18.8. The van der Waals surface area contributed by atoms with Crippen molar-refractivity contribution >= 4 is 12.0 Å². The van der Waals surface area contributed by atoms with E-state index in [1.165, 1.54) is 4.90 Å². The maximum atomic E-state index is 12.5. The molecule has 1 aromatic rings. The predicted molar refractivity (Wildman–Crippen MR) is 93.6 cm³/mol. The number of β-amino-alcohol motifs (C(OH)–C–C–N with tert-alkyl or cyclic N) is 1. The first-order chi connectivity index (χ1) is 11.7. The maximum Gasteiger partial charge on any atom is 0.411 e. The molecule has 0 aliphatic carbocycles. The van der Waals surface area contributed by atoms with Crippen LogP contribution in [0.25, 0.3) is 0 Å². The van der Waals surface area contributed by atoms with Crippen molar-refractivity contribution in [3.63, 3.8) is 0 Å². The zero-order valence-corrected chi connectivity index (χ0v) is 14.8. The monoisotopic (exact) mass is 344 g/mol. The van der Waals surface area contributed by atoms with Crippen LogP contribution in [-0.4, -0.2) is 46.3 Å². The molecule has 1 aliphatic rings. The van der Waals surface area contributed by atoms with E-state index in [-0.39, 0.29) is 18.9 Å². The van der Waals surface area contributed by atoms with Gasteiger partial charge in [-0.1, -0.05) is 18.1 Å². The first-order valence-corrected chi connectivity index (χ1v) is 8.20. The van der Waals surface area contributed by atoms with E-state index in [0.29, 0.717) is 6.54 Å². The number of nitrogens with zero attached hydrogens (tertiary/aromatic N) is 1. The second-order valence-corrected chi connectivity index (χ2v) is 7.10. The van der Waals surface area contributed by atoms with Crippen LogP contribution in [0.1, 0.15) is 38.3 Å². The highest BCUT2D eigenvalue weighted by molar-refractivity contribution is 5.86. The Hall–Kier alpha value is -2.52. The highest BCUT2D eigenvalue weighted by Gasteiger charge is 2.40. The van der Waals surface area contributed by atoms with Crippen molar-refractivity contribution < 1.29 is 19.4 Å². The van der Waals surface area contributed by atoms with E-state index in [1.807, 2.05) is 12.1 Å². The molecule has 6 nitrogen and oxygen atoms in total. The summed E-state index contributed by atoms with van der Waals surface area (Å²) in [6.07, 6.45) is 4.18. The van der Waals surface area contributed by atoms with Crippen LogP contribution >= 0.6 is 0 Å². The van der Waals surface area contributed by atoms with E-state index < -0.39 is 23.8 Å². The molecule has 1 aliphatic heterocycles. The summed E-state index contributed by atoms with van der Waals surface area (Å²) in [5.41, 5.74) is 1.00. The third-order valence-electron chi connectivity index (χ3n) is 3.80. The van der Waals surface area contributed by atoms with Gasteiger partial charge in [0, 0.05) is 18.5 Å². The summed E-state index contributed by atoms with van der Waals surface area (Å²) in [6, 6.07) is 6.53. The fourth-order valence-corrected chi connectivity index (χ4v) is 2.61. The van der Waals surface area contributed by atoms with Crippen LogP contribution in [0.5, 0.6) is 0 Å². The van der Waals surface area contributed by atoms with Crippen molar-refractivity contribution in [2.24, 2.45) is 0 Å². The standard InChI is InChI=1S/C19H24N2O4/c1-5-13-6-8-14(9-7-13)11-20-17(23)16-10-15(22)12-21(16)18(24)25-19(2,3)4/h1,6-9,15-16,22H,10-12H2,2-4H3,(H,20,23)/t15?,16-/m0/s1. The van der Waals surface area contributed by atoms with Crippen LogP contribution in [0.15, 0.2) is 24.3 Å². The average molecular weight is 344 g/mol. The lowest BCUT2D eigenvalue weighted by molar-refractivity contribution is -0.125. The van der Waals surface area contributed by atoms with E-state index in [2.05, 4.69) is 11.2 Å². The lowest BCUT2D eigenvalue weighted by atomic mass is 10.1. The van der Waals surface area contributed by atoms with Crippen LogP contribution in [0, 0.1) is 12.3 Å². The zero-order chi connectivity index (χ0) is 18.6. The summed E-state index contributed by atoms with van der Waals surface area (Å²) < 4.78 is 5.32. The van der Waals surface area contributed by atoms with Gasteiger partial charge in [0.05, 0.1) is 12.6 Å². The molecule has 1 heterocycles. The molecule has 25 heavy (non-hydrogen) atoms. The van der Waals surface area contributed by atoms with E-state index >= 15 is 0 Å². The lowest BCUT2D eigenvalue weighted by Gasteiger charge is -2.27. The Labute approximate surface area is 148 Å². The van der Waals surface area contributed by atoms with Gasteiger partial charge in [0.25, 0.3) is 0 Å². The topological polar surface area (TPSA) is 78.9 Å². The predicted octanol–water partition coefficient (Wildman–Crippen LogP) is 1.65. The summed E-state index contributed by atoms with van der Waals surface area (Å²) in [6.45, 7) is 5.67. The molecule has 0 radical (unpaired) electrons. The van der Waals surface area contributed by atoms with Crippen molar-refractivity contribution in [3.8, 4) is 12.3 Å². The number of aliphatic hydroxyl groups is 1. The molecule has 1 unspecified atom stereocenters. The summed E-state index contributed by atoms with van der Waals surface area (Å²) in [7, 11) is 0. The van der Waals surface area contributed by atoms with Gasteiger partial charge in [-0.2, -0.15) is 0 Å². The van der Waals surface area contributed by atoms with Gasteiger partial charge in [0.2, 0.25) is 5.91 Å². The smallest absolute Gasteiger partial charge is 0.411 e. The summed E-state index contributed by atoms with van der Waals surface area (Å²) in [4.78, 5) is 26.0. The highest BCUT2D eigenvalue weighted by atomic mass is 16.6. The van der Waals surface area contributed by atoms with Crippen molar-refractivity contribution in [2.45, 2.75) is 51.5 Å². The second kappa shape index (κ2) is 7.58. The minimum Gasteiger partial charge on any atom is -0.444 e. The number of rotatable bonds is 3. The largest absolute Gasteiger partial charge is 0.444 e. The van der Waals surface area contributed by atoms with Crippen LogP contribution in [-0.2, 0) is 16.1 Å². The van der Waals surface area contributed by atoms with Crippen LogP contribution in [0.2, 0.25) is 0 Å². The number of hydrogen-bond acceptors (Lipinski definition) is 4. The van der Waals surface area contributed by atoms with Gasteiger partial charge in [0.1, 0.15) is 11.6 Å². The molecular formula is C19H24N2O4. The second-order valence-electron chi connectivity index (χ2n) is 7.10. The Morgan fingerprint density at radius 3 is 2.56 bits per heavy atom. The molecule has 134 valence electrons. The minimum atomic E-state index is -0.741. The molecule has 0 saturated carbocycles. The Kier molecular flexibility index (Phi) is 5.70. The third kappa shape index (κ3) is 5.23. The van der Waals surface area contributed by atoms with Gasteiger partial charge in [-0.3, -0.25) is 9.69 Å².